The minimum absolute atomic E-state index is 0.0498. The van der Waals surface area contributed by atoms with Crippen molar-refractivity contribution in [2.24, 2.45) is 16.7 Å². The Bertz CT molecular complexity index is 508. The first kappa shape index (κ1) is 15.3. The van der Waals surface area contributed by atoms with E-state index in [9.17, 15) is 5.11 Å². The zero-order chi connectivity index (χ0) is 14.9. The number of fused-ring (bicyclic) bond motifs is 2. The number of hydrogen-bond donors (Lipinski definition) is 1. The second-order valence-corrected chi connectivity index (χ2v) is 9.35. The van der Waals surface area contributed by atoms with Crippen LogP contribution in [0, 0.1) is 16.7 Å². The van der Waals surface area contributed by atoms with Crippen LogP contribution in [0.25, 0.3) is 6.08 Å². The van der Waals surface area contributed by atoms with Gasteiger partial charge in [-0.2, -0.15) is 0 Å². The molecule has 1 aromatic rings. The van der Waals surface area contributed by atoms with Gasteiger partial charge in [0.25, 0.3) is 0 Å². The van der Waals surface area contributed by atoms with Crippen molar-refractivity contribution in [3.05, 3.63) is 42.0 Å². The van der Waals surface area contributed by atoms with E-state index in [1.165, 1.54) is 29.0 Å². The molecule has 1 N–H and O–H groups in total. The molecule has 2 aliphatic rings. The van der Waals surface area contributed by atoms with Gasteiger partial charge in [0.2, 0.25) is 0 Å². The monoisotopic (exact) mass is 350 g/mol. The topological polar surface area (TPSA) is 20.2 Å². The molecule has 0 aromatic heterocycles. The van der Waals surface area contributed by atoms with Gasteiger partial charge in [-0.25, -0.2) is 0 Å². The van der Waals surface area contributed by atoms with Gasteiger partial charge in [-0.15, -0.1) is 0 Å². The normalized spacial score (nSPS) is 33.9. The van der Waals surface area contributed by atoms with Gasteiger partial charge in [-0.05, 0) is 0 Å². The summed E-state index contributed by atoms with van der Waals surface area (Å²) in [6, 6.07) is 10.5. The zero-order valence-electron chi connectivity index (χ0n) is 13.1. The van der Waals surface area contributed by atoms with Crippen LogP contribution in [-0.2, 0) is 0 Å². The number of rotatable bonds is 5. The fourth-order valence-corrected chi connectivity index (χ4v) is 7.42. The van der Waals surface area contributed by atoms with Crippen LogP contribution in [0.2, 0.25) is 10.6 Å². The molecule has 21 heavy (non-hydrogen) atoms. The summed E-state index contributed by atoms with van der Waals surface area (Å²) in [5.74, 6) is 0.753. The third kappa shape index (κ3) is 2.63. The maximum absolute atomic E-state index is 10.5. The van der Waals surface area contributed by atoms with Gasteiger partial charge in [0.1, 0.15) is 0 Å². The summed E-state index contributed by atoms with van der Waals surface area (Å²) < 4.78 is 0. The molecular weight excluding hydrogens is 323 g/mol. The van der Waals surface area contributed by atoms with Gasteiger partial charge in [-0.3, -0.25) is 0 Å². The van der Waals surface area contributed by atoms with Crippen molar-refractivity contribution in [2.45, 2.75) is 49.9 Å². The van der Waals surface area contributed by atoms with Crippen LogP contribution in [0.5, 0.6) is 0 Å². The molecule has 2 saturated carbocycles. The van der Waals surface area contributed by atoms with Crippen LogP contribution < -0.4 is 0 Å². The van der Waals surface area contributed by atoms with Crippen molar-refractivity contribution in [2.75, 3.05) is 0 Å². The Hall–Kier alpha value is -0.561. The summed E-state index contributed by atoms with van der Waals surface area (Å²) >= 11 is 0.600. The Morgan fingerprint density at radius 1 is 1.29 bits per heavy atom. The van der Waals surface area contributed by atoms with E-state index in [0.29, 0.717) is 20.4 Å². The van der Waals surface area contributed by atoms with Crippen molar-refractivity contribution < 1.29 is 5.11 Å². The molecule has 114 valence electrons. The van der Waals surface area contributed by atoms with E-state index in [-0.39, 0.29) is 11.5 Å². The van der Waals surface area contributed by atoms with Gasteiger partial charge in [0.05, 0.1) is 0 Å². The average molecular weight is 349 g/mol. The van der Waals surface area contributed by atoms with E-state index < -0.39 is 0 Å². The van der Waals surface area contributed by atoms with E-state index >= 15 is 0 Å². The average Bonchev–Trinajstić information content (AvgIpc) is 2.82. The predicted molar refractivity (Wildman–Crippen MR) is 90.4 cm³/mol. The Kier molecular flexibility index (Phi) is 4.32. The SMILES string of the molecule is CC1(C)[C@@H]2CC[C@@]1(C[Se]C/C=C/c1ccccc1)[C@H](O)C2. The molecule has 3 rings (SSSR count). The van der Waals surface area contributed by atoms with Crippen molar-refractivity contribution in [3.8, 4) is 0 Å². The molecule has 1 nitrogen and oxygen atoms in total. The van der Waals surface area contributed by atoms with Gasteiger partial charge >= 0.3 is 135 Å². The predicted octanol–water partition coefficient (Wildman–Crippen LogP) is 4.43. The van der Waals surface area contributed by atoms with Gasteiger partial charge < -0.3 is 0 Å². The Labute approximate surface area is 135 Å². The fraction of sp³-hybridized carbons (Fsp3) is 0.579. The molecule has 0 amide bonds. The first-order chi connectivity index (χ1) is 10.1. The molecule has 3 atom stereocenters. The molecular formula is C19H26OSe. The standard InChI is InChI=1S/C19H26OSe/c1-18(2)16-10-11-19(18,17(20)13-16)14-21-12-6-9-15-7-4-3-5-8-15/h3-9,16-17,20H,10-14H2,1-2H3/b9-6+/t16-,17-,19-/m1/s1. The molecule has 0 heterocycles. The summed E-state index contributed by atoms with van der Waals surface area (Å²) in [4.78, 5) is 0. The molecule has 0 spiro atoms. The van der Waals surface area contributed by atoms with E-state index in [1.54, 1.807) is 0 Å². The first-order valence-corrected chi connectivity index (χ1v) is 10.5. The number of hydrogen-bond acceptors (Lipinski definition) is 1. The van der Waals surface area contributed by atoms with E-state index in [2.05, 4.69) is 56.3 Å². The Morgan fingerprint density at radius 2 is 2.05 bits per heavy atom. The summed E-state index contributed by atoms with van der Waals surface area (Å²) in [5, 5.41) is 12.9. The van der Waals surface area contributed by atoms with Crippen molar-refractivity contribution in [3.63, 3.8) is 0 Å². The third-order valence-electron chi connectivity index (χ3n) is 6.07. The molecule has 2 bridgehead atoms. The van der Waals surface area contributed by atoms with E-state index in [0.717, 1.165) is 12.3 Å². The Balaban J connectivity index is 1.55. The molecule has 0 saturated heterocycles. The van der Waals surface area contributed by atoms with Gasteiger partial charge in [0, 0.05) is 0 Å². The summed E-state index contributed by atoms with van der Waals surface area (Å²) in [7, 11) is 0. The summed E-state index contributed by atoms with van der Waals surface area (Å²) in [5.41, 5.74) is 1.85. The number of allylic oxidation sites excluding steroid dienone is 1. The summed E-state index contributed by atoms with van der Waals surface area (Å²) in [6.07, 6.45) is 8.12. The van der Waals surface area contributed by atoms with Crippen LogP contribution in [-0.4, -0.2) is 26.2 Å². The third-order valence-corrected chi connectivity index (χ3v) is 8.48. The molecule has 2 heteroatoms. The van der Waals surface area contributed by atoms with Crippen LogP contribution in [0.3, 0.4) is 0 Å². The van der Waals surface area contributed by atoms with Crippen LogP contribution in [0.4, 0.5) is 0 Å². The van der Waals surface area contributed by atoms with Gasteiger partial charge in [0.15, 0.2) is 0 Å². The molecule has 0 aliphatic heterocycles. The first-order valence-electron chi connectivity index (χ1n) is 8.04. The molecule has 2 aliphatic carbocycles. The second kappa shape index (κ2) is 5.91. The van der Waals surface area contributed by atoms with Crippen molar-refractivity contribution in [1.82, 2.24) is 0 Å². The number of benzene rings is 1. The summed E-state index contributed by atoms with van der Waals surface area (Å²) in [6.45, 7) is 4.80. The van der Waals surface area contributed by atoms with Crippen molar-refractivity contribution >= 4 is 21.0 Å². The van der Waals surface area contributed by atoms with E-state index in [4.69, 9.17) is 0 Å². The zero-order valence-corrected chi connectivity index (χ0v) is 14.8. The Morgan fingerprint density at radius 3 is 2.67 bits per heavy atom. The fourth-order valence-electron chi connectivity index (χ4n) is 4.44. The molecule has 0 unspecified atom stereocenters. The molecule has 2 fully saturated rings. The molecule has 1 aromatic carbocycles. The van der Waals surface area contributed by atoms with Crippen molar-refractivity contribution in [1.29, 1.82) is 0 Å². The van der Waals surface area contributed by atoms with E-state index in [1.807, 2.05) is 0 Å². The molecule has 0 radical (unpaired) electrons. The van der Waals surface area contributed by atoms with Crippen LogP contribution in [0.15, 0.2) is 36.4 Å². The maximum atomic E-state index is 10.5. The second-order valence-electron chi connectivity index (χ2n) is 7.19. The quantitative estimate of drug-likeness (QED) is 0.616. The van der Waals surface area contributed by atoms with Crippen LogP contribution >= 0.6 is 0 Å². The minimum atomic E-state index is -0.0498. The van der Waals surface area contributed by atoms with Gasteiger partial charge in [-0.1, -0.05) is 0 Å². The number of aliphatic hydroxyl groups is 1. The number of aliphatic hydroxyl groups excluding tert-OH is 1. The van der Waals surface area contributed by atoms with Crippen LogP contribution in [0.1, 0.15) is 38.7 Å².